The minimum absolute atomic E-state index is 0.456. The monoisotopic (exact) mass is 190 g/mol. The normalized spacial score (nSPS) is 16.2. The number of rotatable bonds is 7. The summed E-state index contributed by atoms with van der Waals surface area (Å²) in [6.07, 6.45) is 2.07. The fourth-order valence-electron chi connectivity index (χ4n) is 1.06. The van der Waals surface area contributed by atoms with Crippen LogP contribution in [0.25, 0.3) is 0 Å². The zero-order valence-electron chi connectivity index (χ0n) is 9.17. The first-order valence-corrected chi connectivity index (χ1v) is 4.98. The summed E-state index contributed by atoms with van der Waals surface area (Å²) in [5.74, 6) is -0.730. The molecule has 0 aromatic rings. The van der Waals surface area contributed by atoms with Gasteiger partial charge in [-0.3, -0.25) is 0 Å². The highest BCUT2D eigenvalue weighted by molar-refractivity contribution is 4.47. The van der Waals surface area contributed by atoms with Crippen LogP contribution in [-0.4, -0.2) is 24.3 Å². The number of ether oxygens (including phenoxy) is 2. The van der Waals surface area contributed by atoms with Crippen LogP contribution in [0, 0.1) is 5.92 Å². The molecule has 0 saturated heterocycles. The second kappa shape index (κ2) is 6.35. The van der Waals surface area contributed by atoms with Gasteiger partial charge in [-0.1, -0.05) is 13.8 Å². The van der Waals surface area contributed by atoms with Crippen LogP contribution in [0.5, 0.6) is 0 Å². The summed E-state index contributed by atoms with van der Waals surface area (Å²) < 4.78 is 10.1. The van der Waals surface area contributed by atoms with Crippen molar-refractivity contribution < 1.29 is 14.6 Å². The van der Waals surface area contributed by atoms with Crippen molar-refractivity contribution in [3.63, 3.8) is 0 Å². The molecule has 0 aliphatic carbocycles. The lowest BCUT2D eigenvalue weighted by Crippen LogP contribution is -2.32. The first kappa shape index (κ1) is 12.9. The summed E-state index contributed by atoms with van der Waals surface area (Å²) >= 11 is 0. The van der Waals surface area contributed by atoms with Gasteiger partial charge < -0.3 is 14.6 Å². The molecular formula is C10H22O3. The molecule has 0 rings (SSSR count). The molecule has 13 heavy (non-hydrogen) atoms. The molecule has 3 nitrogen and oxygen atoms in total. The van der Waals surface area contributed by atoms with E-state index in [4.69, 9.17) is 9.47 Å². The van der Waals surface area contributed by atoms with Crippen molar-refractivity contribution in [1.82, 2.24) is 0 Å². The minimum atomic E-state index is -1.41. The Hall–Kier alpha value is -0.120. The highest BCUT2D eigenvalue weighted by Gasteiger charge is 2.20. The maximum absolute atomic E-state index is 9.44. The minimum Gasteiger partial charge on any atom is -0.344 e. The van der Waals surface area contributed by atoms with Crippen LogP contribution in [0.1, 0.15) is 40.5 Å². The van der Waals surface area contributed by atoms with Crippen LogP contribution < -0.4 is 0 Å². The van der Waals surface area contributed by atoms with E-state index >= 15 is 0 Å². The van der Waals surface area contributed by atoms with E-state index < -0.39 is 5.97 Å². The Balaban J connectivity index is 3.40. The molecule has 0 fully saturated rings. The third kappa shape index (κ3) is 8.22. The Morgan fingerprint density at radius 3 is 2.38 bits per heavy atom. The number of hydrogen-bond acceptors (Lipinski definition) is 3. The van der Waals surface area contributed by atoms with Crippen molar-refractivity contribution in [3.05, 3.63) is 0 Å². The molecular weight excluding hydrogens is 168 g/mol. The molecule has 1 unspecified atom stereocenters. The third-order valence-electron chi connectivity index (χ3n) is 1.71. The van der Waals surface area contributed by atoms with Crippen molar-refractivity contribution >= 4 is 0 Å². The van der Waals surface area contributed by atoms with E-state index in [1.165, 1.54) is 6.92 Å². The molecule has 0 aromatic carbocycles. The fourth-order valence-corrected chi connectivity index (χ4v) is 1.06. The molecule has 3 heteroatoms. The van der Waals surface area contributed by atoms with Gasteiger partial charge in [-0.05, 0) is 25.7 Å². The van der Waals surface area contributed by atoms with Gasteiger partial charge in [-0.15, -0.1) is 0 Å². The molecule has 80 valence electrons. The van der Waals surface area contributed by atoms with Crippen LogP contribution in [0.4, 0.5) is 0 Å². The number of hydrogen-bond donors (Lipinski definition) is 1. The molecule has 0 amide bonds. The lowest BCUT2D eigenvalue weighted by Gasteiger charge is -2.23. The fraction of sp³-hybridized carbons (Fsp3) is 1.00. The average molecular weight is 190 g/mol. The molecule has 0 heterocycles. The van der Waals surface area contributed by atoms with Crippen molar-refractivity contribution in [2.24, 2.45) is 5.92 Å². The zero-order valence-corrected chi connectivity index (χ0v) is 9.17. The Morgan fingerprint density at radius 2 is 1.92 bits per heavy atom. The first-order valence-electron chi connectivity index (χ1n) is 4.98. The highest BCUT2D eigenvalue weighted by atomic mass is 16.8. The average Bonchev–Trinajstić information content (AvgIpc) is 1.98. The Labute approximate surface area is 81.0 Å². The second-order valence-corrected chi connectivity index (χ2v) is 3.72. The van der Waals surface area contributed by atoms with E-state index in [9.17, 15) is 5.11 Å². The van der Waals surface area contributed by atoms with Gasteiger partial charge in [0.1, 0.15) is 0 Å². The molecule has 0 aliphatic heterocycles. The van der Waals surface area contributed by atoms with E-state index in [0.29, 0.717) is 19.1 Å². The summed E-state index contributed by atoms with van der Waals surface area (Å²) in [5, 5.41) is 9.44. The topological polar surface area (TPSA) is 38.7 Å². The Kier molecular flexibility index (Phi) is 6.29. The molecule has 0 spiro atoms. The van der Waals surface area contributed by atoms with E-state index in [1.54, 1.807) is 0 Å². The standard InChI is InChI=1S/C10H22O3/c1-5-12-10(4,11)13-8-6-7-9(2)3/h9,11H,5-8H2,1-4H3. The summed E-state index contributed by atoms with van der Waals surface area (Å²) in [7, 11) is 0. The van der Waals surface area contributed by atoms with Gasteiger partial charge in [0.15, 0.2) is 0 Å². The molecule has 0 saturated carbocycles. The molecule has 0 bridgehead atoms. The Morgan fingerprint density at radius 1 is 1.31 bits per heavy atom. The molecule has 0 aromatic heterocycles. The highest BCUT2D eigenvalue weighted by Crippen LogP contribution is 2.10. The van der Waals surface area contributed by atoms with Crippen LogP contribution in [0.15, 0.2) is 0 Å². The largest absolute Gasteiger partial charge is 0.344 e. The Bertz CT molecular complexity index is 121. The van der Waals surface area contributed by atoms with E-state index in [0.717, 1.165) is 12.8 Å². The summed E-state index contributed by atoms with van der Waals surface area (Å²) in [6, 6.07) is 0. The summed E-state index contributed by atoms with van der Waals surface area (Å²) in [4.78, 5) is 0. The second-order valence-electron chi connectivity index (χ2n) is 3.72. The predicted molar refractivity (Wildman–Crippen MR) is 52.3 cm³/mol. The van der Waals surface area contributed by atoms with Crippen LogP contribution >= 0.6 is 0 Å². The molecule has 0 aliphatic rings. The van der Waals surface area contributed by atoms with Crippen molar-refractivity contribution in [2.75, 3.05) is 13.2 Å². The SMILES string of the molecule is CCOC(C)(O)OCCCC(C)C. The quantitative estimate of drug-likeness (QED) is 0.494. The van der Waals surface area contributed by atoms with Gasteiger partial charge in [0.25, 0.3) is 5.97 Å². The van der Waals surface area contributed by atoms with Gasteiger partial charge >= 0.3 is 0 Å². The van der Waals surface area contributed by atoms with Crippen molar-refractivity contribution in [1.29, 1.82) is 0 Å². The molecule has 1 atom stereocenters. The van der Waals surface area contributed by atoms with E-state index in [2.05, 4.69) is 13.8 Å². The predicted octanol–water partition coefficient (Wildman–Crippen LogP) is 2.14. The molecule has 0 radical (unpaired) electrons. The van der Waals surface area contributed by atoms with Gasteiger partial charge in [-0.2, -0.15) is 0 Å². The van der Waals surface area contributed by atoms with Gasteiger partial charge in [-0.25, -0.2) is 0 Å². The molecule has 1 N–H and O–H groups in total. The first-order chi connectivity index (χ1) is 5.98. The third-order valence-corrected chi connectivity index (χ3v) is 1.71. The van der Waals surface area contributed by atoms with Crippen LogP contribution in [-0.2, 0) is 9.47 Å². The van der Waals surface area contributed by atoms with Crippen molar-refractivity contribution in [2.45, 2.75) is 46.5 Å². The lowest BCUT2D eigenvalue weighted by atomic mass is 10.1. The van der Waals surface area contributed by atoms with Gasteiger partial charge in [0.2, 0.25) is 0 Å². The summed E-state index contributed by atoms with van der Waals surface area (Å²) in [6.45, 7) is 8.68. The van der Waals surface area contributed by atoms with E-state index in [1.807, 2.05) is 6.92 Å². The zero-order chi connectivity index (χ0) is 10.3. The lowest BCUT2D eigenvalue weighted by molar-refractivity contribution is -0.347. The maximum Gasteiger partial charge on any atom is 0.277 e. The van der Waals surface area contributed by atoms with Gasteiger partial charge in [0.05, 0.1) is 6.61 Å². The van der Waals surface area contributed by atoms with Crippen LogP contribution in [0.2, 0.25) is 0 Å². The van der Waals surface area contributed by atoms with Gasteiger partial charge in [0, 0.05) is 13.5 Å². The number of aliphatic hydroxyl groups is 1. The summed E-state index contributed by atoms with van der Waals surface area (Å²) in [5.41, 5.74) is 0. The smallest absolute Gasteiger partial charge is 0.277 e. The van der Waals surface area contributed by atoms with Crippen molar-refractivity contribution in [3.8, 4) is 0 Å². The van der Waals surface area contributed by atoms with Crippen LogP contribution in [0.3, 0.4) is 0 Å². The maximum atomic E-state index is 9.44. The van der Waals surface area contributed by atoms with E-state index in [-0.39, 0.29) is 0 Å².